The average Bonchev–Trinajstić information content (AvgIpc) is 4.08. The van der Waals surface area contributed by atoms with E-state index in [1.54, 1.807) is 0 Å². The van der Waals surface area contributed by atoms with Crippen LogP contribution >= 0.6 is 11.3 Å². The molecule has 1 spiro atoms. The van der Waals surface area contributed by atoms with Crippen LogP contribution in [-0.2, 0) is 5.41 Å². The molecule has 0 saturated carbocycles. The van der Waals surface area contributed by atoms with Crippen LogP contribution in [0.2, 0.25) is 0 Å². The highest BCUT2D eigenvalue weighted by Crippen LogP contribution is 2.63. The molecule has 0 fully saturated rings. The molecule has 0 bridgehead atoms. The highest BCUT2D eigenvalue weighted by molar-refractivity contribution is 7.25. The molecule has 2 nitrogen and oxygen atoms in total. The number of hydrogen-bond acceptors (Lipinski definition) is 2. The molecule has 2 aromatic heterocycles. The van der Waals surface area contributed by atoms with E-state index in [-0.39, 0.29) is 0 Å². The second kappa shape index (κ2) is 15.1. The summed E-state index contributed by atoms with van der Waals surface area (Å²) in [5.74, 6) is 0. The summed E-state index contributed by atoms with van der Waals surface area (Å²) in [7, 11) is 0. The lowest BCUT2D eigenvalue weighted by Crippen LogP contribution is -2.33. The number of nitrogens with zero attached hydrogens (tertiary/aromatic N) is 2. The van der Waals surface area contributed by atoms with Gasteiger partial charge in [-0.3, -0.25) is 0 Å². The van der Waals surface area contributed by atoms with Crippen LogP contribution in [0.25, 0.3) is 92.2 Å². The number of thiophene rings is 1. The van der Waals surface area contributed by atoms with Gasteiger partial charge >= 0.3 is 0 Å². The molecule has 0 saturated heterocycles. The zero-order valence-corrected chi connectivity index (χ0v) is 38.9. The first kappa shape index (κ1) is 39.3. The predicted molar refractivity (Wildman–Crippen MR) is 296 cm³/mol. The fourth-order valence-corrected chi connectivity index (χ4v) is 13.5. The Balaban J connectivity index is 0.999. The largest absolute Gasteiger partial charge is 0.309 e. The molecule has 326 valence electrons. The van der Waals surface area contributed by atoms with Gasteiger partial charge in [-0.05, 0) is 110 Å². The van der Waals surface area contributed by atoms with Gasteiger partial charge in [0.15, 0.2) is 0 Å². The van der Waals surface area contributed by atoms with Gasteiger partial charge in [0.1, 0.15) is 0 Å². The maximum absolute atomic E-state index is 2.54. The molecule has 0 N–H and O–H groups in total. The van der Waals surface area contributed by atoms with Crippen LogP contribution in [0.4, 0.5) is 17.1 Å². The Hall–Kier alpha value is -8.76. The first-order valence-corrected chi connectivity index (χ1v) is 25.0. The van der Waals surface area contributed by atoms with Crippen LogP contribution in [0.15, 0.2) is 255 Å². The summed E-state index contributed by atoms with van der Waals surface area (Å²) < 4.78 is 5.16. The van der Waals surface area contributed by atoms with E-state index in [9.17, 15) is 0 Å². The van der Waals surface area contributed by atoms with Gasteiger partial charge in [0.05, 0.1) is 33.5 Å². The van der Waals surface area contributed by atoms with Crippen molar-refractivity contribution in [1.29, 1.82) is 0 Å². The van der Waals surface area contributed by atoms with E-state index in [4.69, 9.17) is 0 Å². The third-order valence-electron chi connectivity index (χ3n) is 15.2. The van der Waals surface area contributed by atoms with Crippen LogP contribution in [0.3, 0.4) is 0 Å². The molecule has 1 atom stereocenters. The third-order valence-corrected chi connectivity index (χ3v) is 16.4. The van der Waals surface area contributed by atoms with Crippen molar-refractivity contribution in [2.24, 2.45) is 0 Å². The highest BCUT2D eigenvalue weighted by Gasteiger charge is 2.51. The maximum atomic E-state index is 2.54. The van der Waals surface area contributed by atoms with E-state index in [0.29, 0.717) is 0 Å². The van der Waals surface area contributed by atoms with E-state index in [1.807, 2.05) is 11.3 Å². The quantitative estimate of drug-likeness (QED) is 0.161. The molecule has 0 radical (unpaired) electrons. The summed E-state index contributed by atoms with van der Waals surface area (Å²) in [6.07, 6.45) is 0. The highest BCUT2D eigenvalue weighted by atomic mass is 32.1. The minimum atomic E-state index is -0.582. The molecule has 3 heteroatoms. The van der Waals surface area contributed by atoms with Gasteiger partial charge in [-0.15, -0.1) is 11.3 Å². The monoisotopic (exact) mass is 906 g/mol. The van der Waals surface area contributed by atoms with Gasteiger partial charge in [-0.2, -0.15) is 0 Å². The molecule has 3 heterocycles. The van der Waals surface area contributed by atoms with Gasteiger partial charge in [0.25, 0.3) is 0 Å². The minimum Gasteiger partial charge on any atom is -0.309 e. The smallest absolute Gasteiger partial charge is 0.0755 e. The van der Waals surface area contributed by atoms with E-state index < -0.39 is 5.41 Å². The molecule has 0 amide bonds. The summed E-state index contributed by atoms with van der Waals surface area (Å²) in [5, 5.41) is 5.18. The Morgan fingerprint density at radius 3 is 1.81 bits per heavy atom. The fraction of sp³-hybridized carbons (Fsp3) is 0.0149. The lowest BCUT2D eigenvalue weighted by atomic mass is 9.65. The van der Waals surface area contributed by atoms with Crippen molar-refractivity contribution in [3.63, 3.8) is 0 Å². The molecule has 1 unspecified atom stereocenters. The predicted octanol–water partition coefficient (Wildman–Crippen LogP) is 18.3. The molecular formula is C67H42N2S. The minimum absolute atomic E-state index is 0.582. The maximum Gasteiger partial charge on any atom is 0.0755 e. The molecule has 11 aromatic carbocycles. The number of benzene rings is 11. The number of rotatable bonds is 6. The normalized spacial score (nSPS) is 14.3. The van der Waals surface area contributed by atoms with Gasteiger partial charge in [-0.1, -0.05) is 200 Å². The van der Waals surface area contributed by atoms with Crippen molar-refractivity contribution < 1.29 is 0 Å². The second-order valence-corrected chi connectivity index (χ2v) is 19.8. The second-order valence-electron chi connectivity index (χ2n) is 18.7. The number of para-hydroxylation sites is 4. The Labute approximate surface area is 410 Å². The molecule has 1 aliphatic heterocycles. The Kier molecular flexibility index (Phi) is 8.48. The van der Waals surface area contributed by atoms with Crippen LogP contribution in [0.5, 0.6) is 0 Å². The van der Waals surface area contributed by atoms with Crippen LogP contribution < -0.4 is 4.90 Å². The third kappa shape index (κ3) is 5.44. The van der Waals surface area contributed by atoms with Crippen molar-refractivity contribution in [3.8, 4) is 50.2 Å². The summed E-state index contributed by atoms with van der Waals surface area (Å²) >= 11 is 1.86. The molecule has 15 rings (SSSR count). The standard InChI is InChI=1S/C67H42N2S/c1-2-18-44(19-3-1)47-20-4-5-21-48(47)49-22-7-12-31-59(49)68(46-39-36-43(37-40-46)45-38-41-64-54(42-45)51-24-9-15-35-63(51)70-64)62-34-17-29-57-65(62)53-25-6-10-27-55(53)67(57)56-28-11-14-33-61(56)69-60-32-13-8-23-50(60)52-26-16-30-58(67)66(52)69/h1-42H. The Bertz CT molecular complexity index is 4250. The Morgan fingerprint density at radius 1 is 0.343 bits per heavy atom. The van der Waals surface area contributed by atoms with Crippen LogP contribution in [0, 0.1) is 0 Å². The van der Waals surface area contributed by atoms with Gasteiger partial charge in [0.2, 0.25) is 0 Å². The van der Waals surface area contributed by atoms with Crippen molar-refractivity contribution >= 4 is 70.4 Å². The zero-order chi connectivity index (χ0) is 45.9. The van der Waals surface area contributed by atoms with Crippen molar-refractivity contribution in [2.45, 2.75) is 5.41 Å². The topological polar surface area (TPSA) is 8.17 Å². The molecule has 70 heavy (non-hydrogen) atoms. The molecule has 1 aliphatic carbocycles. The number of aromatic nitrogens is 1. The Morgan fingerprint density at radius 2 is 0.943 bits per heavy atom. The molecule has 13 aromatic rings. The lowest BCUT2D eigenvalue weighted by Gasteiger charge is -2.39. The first-order chi connectivity index (χ1) is 34.8. The van der Waals surface area contributed by atoms with E-state index in [2.05, 4.69) is 264 Å². The average molecular weight is 907 g/mol. The van der Waals surface area contributed by atoms with E-state index in [0.717, 1.165) is 22.6 Å². The summed E-state index contributed by atoms with van der Waals surface area (Å²) in [6.45, 7) is 0. The molecule has 2 aliphatic rings. The summed E-state index contributed by atoms with van der Waals surface area (Å²) in [5.41, 5.74) is 21.4. The van der Waals surface area contributed by atoms with Crippen LogP contribution in [0.1, 0.15) is 22.3 Å². The van der Waals surface area contributed by atoms with Crippen molar-refractivity contribution in [1.82, 2.24) is 4.57 Å². The lowest BCUT2D eigenvalue weighted by molar-refractivity contribution is 0.748. The van der Waals surface area contributed by atoms with E-state index >= 15 is 0 Å². The molecular weight excluding hydrogens is 865 g/mol. The summed E-state index contributed by atoms with van der Waals surface area (Å²) in [4.78, 5) is 2.54. The first-order valence-electron chi connectivity index (χ1n) is 24.2. The number of fused-ring (bicyclic) bond motifs is 15. The van der Waals surface area contributed by atoms with Crippen molar-refractivity contribution in [2.75, 3.05) is 4.90 Å². The van der Waals surface area contributed by atoms with Gasteiger partial charge in [0, 0.05) is 47.8 Å². The zero-order valence-electron chi connectivity index (χ0n) is 38.1. The number of hydrogen-bond donors (Lipinski definition) is 0. The SMILES string of the molecule is c1ccc(-c2ccccc2-c2ccccc2N(c2ccc(-c3ccc4sc5ccccc5c4c3)cc2)c2cccc3c2-c2ccccc2C32c3ccccc3-n3c4ccccc4c4cccc2c43)cc1. The van der Waals surface area contributed by atoms with Gasteiger partial charge < -0.3 is 9.47 Å². The number of anilines is 3. The fourth-order valence-electron chi connectivity index (χ4n) is 12.4. The van der Waals surface area contributed by atoms with E-state index in [1.165, 1.54) is 109 Å². The van der Waals surface area contributed by atoms with Gasteiger partial charge in [-0.25, -0.2) is 0 Å². The van der Waals surface area contributed by atoms with Crippen LogP contribution in [-0.4, -0.2) is 4.57 Å². The summed E-state index contributed by atoms with van der Waals surface area (Å²) in [6, 6.07) is 95.0. The van der Waals surface area contributed by atoms with Crippen molar-refractivity contribution in [3.05, 3.63) is 277 Å².